The third kappa shape index (κ3) is 5.77. The molecule has 7 heteroatoms. The maximum Gasteiger partial charge on any atom is 0.410 e. The predicted octanol–water partition coefficient (Wildman–Crippen LogP) is 2.29. The van der Waals surface area contributed by atoms with Crippen LogP contribution in [0.4, 0.5) is 4.79 Å². The summed E-state index contributed by atoms with van der Waals surface area (Å²) >= 11 is 0. The molecular formula is C16H24N2O5. The van der Waals surface area contributed by atoms with Gasteiger partial charge < -0.3 is 14.2 Å². The summed E-state index contributed by atoms with van der Waals surface area (Å²) in [6, 6.07) is 0. The van der Waals surface area contributed by atoms with Gasteiger partial charge in [0.2, 0.25) is 0 Å². The van der Waals surface area contributed by atoms with Gasteiger partial charge in [-0.3, -0.25) is 9.89 Å². The Balaban J connectivity index is 2.99. The van der Waals surface area contributed by atoms with Crippen LogP contribution in [-0.2, 0) is 19.0 Å². The van der Waals surface area contributed by atoms with Gasteiger partial charge in [-0.1, -0.05) is 0 Å². The summed E-state index contributed by atoms with van der Waals surface area (Å²) in [6.07, 6.45) is 1.09. The van der Waals surface area contributed by atoms with Crippen molar-refractivity contribution in [1.29, 1.82) is 0 Å². The molecule has 0 atom stereocenters. The molecule has 0 unspecified atom stereocenters. The molecule has 0 aromatic heterocycles. The third-order valence-electron chi connectivity index (χ3n) is 2.94. The minimum Gasteiger partial charge on any atom is -0.490 e. The van der Waals surface area contributed by atoms with Crippen molar-refractivity contribution in [3.05, 3.63) is 23.1 Å². The SMILES string of the molecule is C=NC1=C(/C=C(\C)C(=O)OC)OCCN(C(=O)OC(C)(C)C)C1. The second kappa shape index (κ2) is 7.80. The molecule has 0 radical (unpaired) electrons. The summed E-state index contributed by atoms with van der Waals surface area (Å²) in [5.74, 6) is -0.0632. The van der Waals surface area contributed by atoms with Crippen LogP contribution in [0.15, 0.2) is 28.1 Å². The normalized spacial score (nSPS) is 16.4. The Labute approximate surface area is 136 Å². The van der Waals surface area contributed by atoms with E-state index in [1.807, 2.05) is 0 Å². The number of ether oxygens (including phenoxy) is 3. The first-order valence-electron chi connectivity index (χ1n) is 7.25. The van der Waals surface area contributed by atoms with Crippen LogP contribution >= 0.6 is 0 Å². The molecule has 0 aliphatic carbocycles. The standard InChI is InChI=1S/C16H24N2O5/c1-11(14(19)21-6)9-13-12(17-5)10-18(7-8-22-13)15(20)23-16(2,3)4/h9H,5,7-8,10H2,1-4,6H3/b11-9+. The highest BCUT2D eigenvalue weighted by Crippen LogP contribution is 2.19. The van der Waals surface area contributed by atoms with E-state index in [1.54, 1.807) is 27.7 Å². The number of carbonyl (C=O) groups is 2. The second-order valence-electron chi connectivity index (χ2n) is 6.04. The molecule has 128 valence electrons. The van der Waals surface area contributed by atoms with Crippen molar-refractivity contribution >= 4 is 18.8 Å². The van der Waals surface area contributed by atoms with E-state index in [4.69, 9.17) is 9.47 Å². The van der Waals surface area contributed by atoms with Crippen molar-refractivity contribution in [3.63, 3.8) is 0 Å². The second-order valence-corrected chi connectivity index (χ2v) is 6.04. The van der Waals surface area contributed by atoms with Gasteiger partial charge >= 0.3 is 12.1 Å². The lowest BCUT2D eigenvalue weighted by atomic mass is 10.2. The molecule has 0 aromatic carbocycles. The molecule has 0 saturated heterocycles. The van der Waals surface area contributed by atoms with Gasteiger partial charge in [-0.15, -0.1) is 0 Å². The Morgan fingerprint density at radius 3 is 2.57 bits per heavy atom. The molecule has 23 heavy (non-hydrogen) atoms. The molecule has 1 aliphatic rings. The Hall–Kier alpha value is -2.31. The number of rotatable bonds is 3. The number of hydrogen-bond donors (Lipinski definition) is 0. The van der Waals surface area contributed by atoms with Gasteiger partial charge in [-0.2, -0.15) is 0 Å². The first-order valence-corrected chi connectivity index (χ1v) is 7.25. The minimum atomic E-state index is -0.583. The first kappa shape index (κ1) is 18.7. The van der Waals surface area contributed by atoms with Gasteiger partial charge in [0.15, 0.2) is 0 Å². The number of methoxy groups -OCH3 is 1. The Morgan fingerprint density at radius 1 is 1.39 bits per heavy atom. The van der Waals surface area contributed by atoms with E-state index in [0.717, 1.165) is 0 Å². The zero-order valence-electron chi connectivity index (χ0n) is 14.3. The smallest absolute Gasteiger partial charge is 0.410 e. The zero-order valence-corrected chi connectivity index (χ0v) is 14.3. The largest absolute Gasteiger partial charge is 0.490 e. The molecule has 7 nitrogen and oxygen atoms in total. The number of esters is 1. The first-order chi connectivity index (χ1) is 10.7. The maximum atomic E-state index is 12.2. The highest BCUT2D eigenvalue weighted by Gasteiger charge is 2.26. The van der Waals surface area contributed by atoms with Crippen LogP contribution in [0.3, 0.4) is 0 Å². The molecule has 0 spiro atoms. The monoisotopic (exact) mass is 324 g/mol. The summed E-state index contributed by atoms with van der Waals surface area (Å²) in [6.45, 7) is 11.3. The maximum absolute atomic E-state index is 12.2. The average molecular weight is 324 g/mol. The molecule has 0 aromatic rings. The topological polar surface area (TPSA) is 77.4 Å². The van der Waals surface area contributed by atoms with Crippen LogP contribution in [0.1, 0.15) is 27.7 Å². The van der Waals surface area contributed by atoms with E-state index < -0.39 is 17.7 Å². The van der Waals surface area contributed by atoms with E-state index in [9.17, 15) is 9.59 Å². The molecule has 1 rings (SSSR count). The minimum absolute atomic E-state index is 0.193. The van der Waals surface area contributed by atoms with E-state index in [-0.39, 0.29) is 13.2 Å². The summed E-state index contributed by atoms with van der Waals surface area (Å²) < 4.78 is 15.6. The Bertz CT molecular complexity index is 543. The average Bonchev–Trinajstić information content (AvgIpc) is 2.66. The van der Waals surface area contributed by atoms with Crippen molar-refractivity contribution in [2.24, 2.45) is 4.99 Å². The van der Waals surface area contributed by atoms with E-state index >= 15 is 0 Å². The van der Waals surface area contributed by atoms with E-state index in [2.05, 4.69) is 16.4 Å². The van der Waals surface area contributed by atoms with Crippen LogP contribution in [0, 0.1) is 0 Å². The van der Waals surface area contributed by atoms with Gasteiger partial charge in [-0.25, -0.2) is 9.59 Å². The lowest BCUT2D eigenvalue weighted by Gasteiger charge is -2.26. The lowest BCUT2D eigenvalue weighted by Crippen LogP contribution is -2.38. The Kier molecular flexibility index (Phi) is 6.36. The number of hydrogen-bond acceptors (Lipinski definition) is 6. The highest BCUT2D eigenvalue weighted by atomic mass is 16.6. The van der Waals surface area contributed by atoms with E-state index in [0.29, 0.717) is 23.6 Å². The van der Waals surface area contributed by atoms with Crippen LogP contribution in [0.2, 0.25) is 0 Å². The summed E-state index contributed by atoms with van der Waals surface area (Å²) in [7, 11) is 1.30. The number of amides is 1. The third-order valence-corrected chi connectivity index (χ3v) is 2.94. The van der Waals surface area contributed by atoms with Crippen molar-refractivity contribution in [3.8, 4) is 0 Å². The predicted molar refractivity (Wildman–Crippen MR) is 86.1 cm³/mol. The van der Waals surface area contributed by atoms with Crippen molar-refractivity contribution in [1.82, 2.24) is 4.90 Å². The molecule has 1 aliphatic heterocycles. The highest BCUT2D eigenvalue weighted by molar-refractivity contribution is 5.88. The van der Waals surface area contributed by atoms with Gasteiger partial charge in [-0.05, 0) is 40.5 Å². The van der Waals surface area contributed by atoms with Gasteiger partial charge in [0.05, 0.1) is 20.2 Å². The van der Waals surface area contributed by atoms with E-state index in [1.165, 1.54) is 18.1 Å². The summed E-state index contributed by atoms with van der Waals surface area (Å²) in [5.41, 5.74) is 0.242. The molecule has 0 bridgehead atoms. The van der Waals surface area contributed by atoms with Crippen LogP contribution in [-0.4, -0.2) is 56.1 Å². The number of carbonyl (C=O) groups excluding carboxylic acids is 2. The molecule has 0 fully saturated rings. The van der Waals surface area contributed by atoms with Gasteiger partial charge in [0.1, 0.15) is 23.7 Å². The summed E-state index contributed by atoms with van der Waals surface area (Å²) in [5, 5.41) is 0. The van der Waals surface area contributed by atoms with Gasteiger partial charge in [0.25, 0.3) is 0 Å². The number of allylic oxidation sites excluding steroid dienone is 1. The lowest BCUT2D eigenvalue weighted by molar-refractivity contribution is -0.136. The number of aliphatic imine (C=N–C) groups is 1. The fourth-order valence-corrected chi connectivity index (χ4v) is 1.84. The zero-order chi connectivity index (χ0) is 17.6. The molecular weight excluding hydrogens is 300 g/mol. The fourth-order valence-electron chi connectivity index (χ4n) is 1.84. The van der Waals surface area contributed by atoms with Crippen molar-refractivity contribution in [2.45, 2.75) is 33.3 Å². The van der Waals surface area contributed by atoms with Crippen LogP contribution in [0.5, 0.6) is 0 Å². The van der Waals surface area contributed by atoms with Crippen molar-refractivity contribution in [2.75, 3.05) is 26.8 Å². The molecule has 0 saturated carbocycles. The number of nitrogens with zero attached hydrogens (tertiary/aromatic N) is 2. The van der Waals surface area contributed by atoms with Crippen LogP contribution in [0.25, 0.3) is 0 Å². The van der Waals surface area contributed by atoms with Crippen molar-refractivity contribution < 1.29 is 23.8 Å². The van der Waals surface area contributed by atoms with Crippen LogP contribution < -0.4 is 0 Å². The molecule has 0 N–H and O–H groups in total. The Morgan fingerprint density at radius 2 is 2.04 bits per heavy atom. The summed E-state index contributed by atoms with van der Waals surface area (Å²) in [4.78, 5) is 29.1. The quantitative estimate of drug-likeness (QED) is 0.452. The molecule has 1 heterocycles. The van der Waals surface area contributed by atoms with Gasteiger partial charge in [0, 0.05) is 5.57 Å². The molecule has 1 amide bonds. The fraction of sp³-hybridized carbons (Fsp3) is 0.562.